The van der Waals surface area contributed by atoms with Crippen molar-refractivity contribution in [3.8, 4) is 5.95 Å². The molecule has 3 N–H and O–H groups in total. The number of hydrogen-bond acceptors (Lipinski definition) is 11. The summed E-state index contributed by atoms with van der Waals surface area (Å²) in [4.78, 5) is 64.7. The fraction of sp³-hybridized carbons (Fsp3) is 0.500. The number of nitrogens with two attached hydrogens (primary N) is 1. The zero-order chi connectivity index (χ0) is 26.2. The molecular formula is C22H29N7O7. The largest absolute Gasteiger partial charge is 0.465 e. The maximum absolute atomic E-state index is 12.9. The fourth-order valence-electron chi connectivity index (χ4n) is 4.04. The van der Waals surface area contributed by atoms with Crippen LogP contribution < -0.4 is 11.1 Å². The lowest BCUT2D eigenvalue weighted by Crippen LogP contribution is -2.56. The molecule has 2 aromatic heterocycles. The van der Waals surface area contributed by atoms with Crippen molar-refractivity contribution in [1.82, 2.24) is 29.7 Å². The number of methoxy groups -OCH3 is 1. The summed E-state index contributed by atoms with van der Waals surface area (Å²) >= 11 is 0. The van der Waals surface area contributed by atoms with Crippen LogP contribution in [0.1, 0.15) is 43.5 Å². The van der Waals surface area contributed by atoms with Gasteiger partial charge in [-0.2, -0.15) is 0 Å². The molecule has 2 aromatic rings. The lowest BCUT2D eigenvalue weighted by Gasteiger charge is -2.41. The maximum atomic E-state index is 12.9. The van der Waals surface area contributed by atoms with E-state index >= 15 is 0 Å². The molecule has 0 aliphatic carbocycles. The number of nitrogens with zero attached hydrogens (tertiary/aromatic N) is 5. The molecule has 1 aliphatic heterocycles. The second-order valence-corrected chi connectivity index (χ2v) is 7.79. The van der Waals surface area contributed by atoms with Gasteiger partial charge in [-0.15, -0.1) is 0 Å². The van der Waals surface area contributed by atoms with Gasteiger partial charge in [0, 0.05) is 43.7 Å². The van der Waals surface area contributed by atoms with E-state index in [9.17, 15) is 19.2 Å². The first kappa shape index (κ1) is 26.5. The van der Waals surface area contributed by atoms with Gasteiger partial charge in [-0.25, -0.2) is 19.7 Å². The Morgan fingerprint density at radius 2 is 1.86 bits per heavy atom. The molecule has 2 atom stereocenters. The molecule has 1 saturated heterocycles. The van der Waals surface area contributed by atoms with Crippen molar-refractivity contribution in [3.05, 3.63) is 36.2 Å². The SMILES string of the molecule is CCOC(=O)C(C(=O)OCC)c1cnc(-n2ccnc2)nc1C1CNCC(CC(N)=O)N1C(=O)OC. The normalized spacial score (nSPS) is 17.5. The number of aromatic nitrogens is 4. The molecule has 0 saturated carbocycles. The number of ether oxygens (including phenoxy) is 3. The first-order chi connectivity index (χ1) is 17.3. The minimum atomic E-state index is -1.51. The van der Waals surface area contributed by atoms with E-state index in [0.29, 0.717) is 0 Å². The van der Waals surface area contributed by atoms with E-state index in [0.717, 1.165) is 0 Å². The monoisotopic (exact) mass is 503 g/mol. The molecule has 0 radical (unpaired) electrons. The van der Waals surface area contributed by atoms with Gasteiger partial charge in [-0.1, -0.05) is 0 Å². The van der Waals surface area contributed by atoms with E-state index in [1.165, 1.54) is 35.3 Å². The Balaban J connectivity index is 2.21. The number of rotatable bonds is 9. The van der Waals surface area contributed by atoms with Gasteiger partial charge in [0.1, 0.15) is 6.33 Å². The Labute approximate surface area is 207 Å². The Morgan fingerprint density at radius 1 is 1.17 bits per heavy atom. The van der Waals surface area contributed by atoms with Gasteiger partial charge in [0.15, 0.2) is 5.92 Å². The van der Waals surface area contributed by atoms with Gasteiger partial charge in [-0.05, 0) is 13.8 Å². The van der Waals surface area contributed by atoms with Gasteiger partial charge >= 0.3 is 18.0 Å². The first-order valence-corrected chi connectivity index (χ1v) is 11.4. The summed E-state index contributed by atoms with van der Waals surface area (Å²) in [6.07, 6.45) is 5.06. The lowest BCUT2D eigenvalue weighted by atomic mass is 9.93. The Morgan fingerprint density at radius 3 is 2.42 bits per heavy atom. The third kappa shape index (κ3) is 5.76. The predicted molar refractivity (Wildman–Crippen MR) is 123 cm³/mol. The summed E-state index contributed by atoms with van der Waals surface area (Å²) in [5.74, 6) is -3.64. The molecule has 2 unspecified atom stereocenters. The molecule has 1 aliphatic rings. The van der Waals surface area contributed by atoms with E-state index in [1.54, 1.807) is 20.0 Å². The number of piperazine rings is 1. The van der Waals surface area contributed by atoms with Crippen LogP contribution in [0.5, 0.6) is 0 Å². The van der Waals surface area contributed by atoms with Crippen molar-refractivity contribution in [2.45, 2.75) is 38.3 Å². The number of carbonyl (C=O) groups excluding carboxylic acids is 4. The molecular weight excluding hydrogens is 474 g/mol. The van der Waals surface area contributed by atoms with Crippen molar-refractivity contribution < 1.29 is 33.4 Å². The van der Waals surface area contributed by atoms with Gasteiger partial charge in [0.2, 0.25) is 11.9 Å². The van der Waals surface area contributed by atoms with E-state index < -0.39 is 41.9 Å². The van der Waals surface area contributed by atoms with Crippen LogP contribution in [0.25, 0.3) is 5.95 Å². The number of amides is 2. The predicted octanol–water partition coefficient (Wildman–Crippen LogP) is -0.171. The van der Waals surface area contributed by atoms with Crippen molar-refractivity contribution in [3.63, 3.8) is 0 Å². The number of carbonyl (C=O) groups is 4. The Hall–Kier alpha value is -4.07. The van der Waals surface area contributed by atoms with Crippen LogP contribution >= 0.6 is 0 Å². The van der Waals surface area contributed by atoms with Gasteiger partial charge in [0.05, 0.1) is 38.1 Å². The number of esters is 2. The average Bonchev–Trinajstić information content (AvgIpc) is 3.39. The van der Waals surface area contributed by atoms with Crippen molar-refractivity contribution in [1.29, 1.82) is 0 Å². The minimum Gasteiger partial charge on any atom is -0.465 e. The molecule has 36 heavy (non-hydrogen) atoms. The molecule has 3 heterocycles. The topological polar surface area (TPSA) is 181 Å². The lowest BCUT2D eigenvalue weighted by molar-refractivity contribution is -0.157. The van der Waals surface area contributed by atoms with Crippen molar-refractivity contribution in [2.24, 2.45) is 5.73 Å². The van der Waals surface area contributed by atoms with Crippen LogP contribution in [-0.4, -0.2) is 87.8 Å². The van der Waals surface area contributed by atoms with E-state index in [4.69, 9.17) is 19.9 Å². The van der Waals surface area contributed by atoms with Crippen LogP contribution in [0.4, 0.5) is 4.79 Å². The molecule has 0 aromatic carbocycles. The van der Waals surface area contributed by atoms with E-state index in [-0.39, 0.29) is 49.9 Å². The third-order valence-electron chi connectivity index (χ3n) is 5.51. The molecule has 194 valence electrons. The quantitative estimate of drug-likeness (QED) is 0.263. The Kier molecular flexibility index (Phi) is 8.89. The second kappa shape index (κ2) is 12.1. The smallest absolute Gasteiger partial charge is 0.410 e. The average molecular weight is 504 g/mol. The van der Waals surface area contributed by atoms with Gasteiger partial charge in [0.25, 0.3) is 0 Å². The molecule has 3 rings (SSSR count). The third-order valence-corrected chi connectivity index (χ3v) is 5.51. The van der Waals surface area contributed by atoms with Crippen LogP contribution in [0.2, 0.25) is 0 Å². The molecule has 0 spiro atoms. The Bertz CT molecular complexity index is 1070. The maximum Gasteiger partial charge on any atom is 0.410 e. The second-order valence-electron chi connectivity index (χ2n) is 7.79. The highest BCUT2D eigenvalue weighted by Gasteiger charge is 2.42. The summed E-state index contributed by atoms with van der Waals surface area (Å²) in [6.45, 7) is 3.71. The van der Waals surface area contributed by atoms with Crippen LogP contribution in [-0.2, 0) is 28.6 Å². The van der Waals surface area contributed by atoms with Crippen LogP contribution in [0, 0.1) is 0 Å². The summed E-state index contributed by atoms with van der Waals surface area (Å²) in [5.41, 5.74) is 5.69. The fourth-order valence-corrected chi connectivity index (χ4v) is 4.04. The highest BCUT2D eigenvalue weighted by molar-refractivity contribution is 6.01. The van der Waals surface area contributed by atoms with Crippen LogP contribution in [0.3, 0.4) is 0 Å². The van der Waals surface area contributed by atoms with Gasteiger partial charge < -0.3 is 25.3 Å². The molecule has 14 nitrogen and oxygen atoms in total. The summed E-state index contributed by atoms with van der Waals surface area (Å²) in [6, 6.07) is -1.53. The first-order valence-electron chi connectivity index (χ1n) is 11.4. The molecule has 14 heteroatoms. The summed E-state index contributed by atoms with van der Waals surface area (Å²) in [5, 5.41) is 3.16. The number of hydrogen-bond donors (Lipinski definition) is 2. The van der Waals surface area contributed by atoms with Crippen molar-refractivity contribution >= 4 is 23.9 Å². The minimum absolute atomic E-state index is 0.0258. The number of imidazole rings is 1. The standard InChI is InChI=1S/C22H29N7O7/c1-4-35-19(31)17(20(32)36-5-2)14-10-26-21(28-7-6-24-12-28)27-18(14)15-11-25-9-13(8-16(23)30)29(15)22(33)34-3/h6-7,10,12-13,15,17,25H,4-5,8-9,11H2,1-3H3,(H2,23,30). The molecule has 2 amide bonds. The van der Waals surface area contributed by atoms with E-state index in [1.807, 2.05) is 0 Å². The summed E-state index contributed by atoms with van der Waals surface area (Å²) < 4.78 is 16.8. The van der Waals surface area contributed by atoms with Crippen LogP contribution in [0.15, 0.2) is 24.9 Å². The highest BCUT2D eigenvalue weighted by Crippen LogP contribution is 2.33. The van der Waals surface area contributed by atoms with Crippen molar-refractivity contribution in [2.75, 3.05) is 33.4 Å². The molecule has 1 fully saturated rings. The summed E-state index contributed by atoms with van der Waals surface area (Å²) in [7, 11) is 1.21. The molecule has 0 bridgehead atoms. The number of primary amides is 1. The number of nitrogens with one attached hydrogen (secondary N) is 1. The van der Waals surface area contributed by atoms with E-state index in [2.05, 4.69) is 20.3 Å². The highest BCUT2D eigenvalue weighted by atomic mass is 16.6. The zero-order valence-electron chi connectivity index (χ0n) is 20.2. The zero-order valence-corrected chi connectivity index (χ0v) is 20.2. The van der Waals surface area contributed by atoms with Gasteiger partial charge in [-0.3, -0.25) is 23.9 Å².